The minimum atomic E-state index is 0. The Bertz CT molecular complexity index is 1240. The van der Waals surface area contributed by atoms with Crippen LogP contribution in [0, 0.1) is 22.7 Å². The smallest absolute Gasteiger partial charge is 0.141 e. The van der Waals surface area contributed by atoms with Gasteiger partial charge in [0.05, 0.1) is 46.4 Å². The van der Waals surface area contributed by atoms with E-state index in [4.69, 9.17) is 4.98 Å². The minimum absolute atomic E-state index is 0. The average molecular weight is 434 g/mol. The fraction of sp³-hybridized carbons (Fsp3) is 0. The predicted octanol–water partition coefficient (Wildman–Crippen LogP) is 4.84. The molecule has 0 saturated heterocycles. The van der Waals surface area contributed by atoms with E-state index in [2.05, 4.69) is 32.4 Å². The number of nitrogens with one attached hydrogen (secondary N) is 2. The number of H-pyrrole nitrogens is 1. The van der Waals surface area contributed by atoms with E-state index in [9.17, 15) is 10.5 Å². The Hall–Kier alpha value is -3.91. The Labute approximate surface area is 184 Å². The van der Waals surface area contributed by atoms with E-state index in [1.165, 1.54) is 0 Å². The third-order valence-electron chi connectivity index (χ3n) is 4.65. The summed E-state index contributed by atoms with van der Waals surface area (Å²) >= 11 is 0. The van der Waals surface area contributed by atoms with Gasteiger partial charge in [-0.15, -0.1) is 24.8 Å². The third-order valence-corrected chi connectivity index (χ3v) is 4.65. The maximum atomic E-state index is 9.53. The second kappa shape index (κ2) is 8.22. The van der Waals surface area contributed by atoms with Gasteiger partial charge in [-0.05, 0) is 30.3 Å². The molecule has 0 amide bonds. The lowest BCUT2D eigenvalue weighted by atomic mass is 10.0. The topological polar surface area (TPSA) is 114 Å². The van der Waals surface area contributed by atoms with Crippen LogP contribution < -0.4 is 5.32 Å². The van der Waals surface area contributed by atoms with Crippen LogP contribution in [0.4, 0.5) is 11.5 Å². The molecule has 3 aromatic heterocycles. The van der Waals surface area contributed by atoms with Gasteiger partial charge >= 0.3 is 0 Å². The Kier molecular flexibility index (Phi) is 5.70. The second-order valence-corrected chi connectivity index (χ2v) is 6.21. The highest BCUT2D eigenvalue weighted by Gasteiger charge is 2.25. The van der Waals surface area contributed by atoms with Crippen molar-refractivity contribution < 1.29 is 0 Å². The quantitative estimate of drug-likeness (QED) is 0.390. The number of benzene rings is 1. The highest BCUT2D eigenvalue weighted by atomic mass is 35.5. The van der Waals surface area contributed by atoms with Gasteiger partial charge in [-0.1, -0.05) is 6.07 Å². The van der Waals surface area contributed by atoms with Gasteiger partial charge in [0.15, 0.2) is 0 Å². The molecule has 0 radical (unpaired) electrons. The van der Waals surface area contributed by atoms with E-state index < -0.39 is 0 Å². The summed E-state index contributed by atoms with van der Waals surface area (Å²) < 4.78 is 0. The van der Waals surface area contributed by atoms with Crippen molar-refractivity contribution in [3.05, 3.63) is 66.1 Å². The van der Waals surface area contributed by atoms with Gasteiger partial charge in [0.25, 0.3) is 0 Å². The van der Waals surface area contributed by atoms with E-state index in [0.29, 0.717) is 34.0 Å². The van der Waals surface area contributed by atoms with Gasteiger partial charge < -0.3 is 10.3 Å². The lowest BCUT2D eigenvalue weighted by Crippen LogP contribution is -1.96. The van der Waals surface area contributed by atoms with Crippen molar-refractivity contribution in [1.29, 1.82) is 10.5 Å². The molecule has 5 rings (SSSR count). The summed E-state index contributed by atoms with van der Waals surface area (Å²) in [7, 11) is 0. The monoisotopic (exact) mass is 433 g/mol. The number of halogens is 2. The summed E-state index contributed by atoms with van der Waals surface area (Å²) in [5.74, 6) is 1.14. The first-order chi connectivity index (χ1) is 13.8. The summed E-state index contributed by atoms with van der Waals surface area (Å²) in [5.41, 5.74) is 5.26. The summed E-state index contributed by atoms with van der Waals surface area (Å²) in [6, 6.07) is 15.0. The summed E-state index contributed by atoms with van der Waals surface area (Å²) in [6.07, 6.45) is 5.14. The van der Waals surface area contributed by atoms with Crippen LogP contribution in [0.15, 0.2) is 55.0 Å². The molecule has 0 atom stereocenters. The van der Waals surface area contributed by atoms with Crippen molar-refractivity contribution in [3.8, 4) is 46.0 Å². The van der Waals surface area contributed by atoms with Crippen molar-refractivity contribution in [2.24, 2.45) is 0 Å². The molecule has 1 aliphatic rings. The molecule has 0 aliphatic carbocycles. The van der Waals surface area contributed by atoms with Crippen LogP contribution in [0.25, 0.3) is 33.9 Å². The number of aromatic amines is 1. The average Bonchev–Trinajstić information content (AvgIpc) is 3.13. The number of nitrogens with zero attached hydrogens (tertiary/aromatic N) is 5. The zero-order valence-corrected chi connectivity index (χ0v) is 16.9. The first kappa shape index (κ1) is 20.8. The molecule has 4 heterocycles. The lowest BCUT2D eigenvalue weighted by Gasteiger charge is -2.08. The Morgan fingerprint density at radius 3 is 2.37 bits per heavy atom. The van der Waals surface area contributed by atoms with Crippen molar-refractivity contribution in [2.45, 2.75) is 0 Å². The molecule has 0 fully saturated rings. The Morgan fingerprint density at radius 1 is 0.867 bits per heavy atom. The number of fused-ring (bicyclic) bond motifs is 5. The number of imidazole rings is 1. The van der Waals surface area contributed by atoms with Crippen LogP contribution in [0.3, 0.4) is 0 Å². The Balaban J connectivity index is 0.00000128. The van der Waals surface area contributed by atoms with E-state index in [0.717, 1.165) is 22.5 Å². The third kappa shape index (κ3) is 3.13. The molecule has 1 aliphatic heterocycles. The van der Waals surface area contributed by atoms with Crippen LogP contribution in [0.5, 0.6) is 0 Å². The standard InChI is InChI=1S/C21H11N7.2ClH/c22-9-12-3-1-4-13(10-23)17(12)21-27-18-14-6-8-24-11-16(14)26-20-15(19(18)28-21)5-2-7-25-20;;/h1-8,11H,(H,25,26)(H,27,28);2*1H. The van der Waals surface area contributed by atoms with Gasteiger partial charge in [-0.3, -0.25) is 4.98 Å². The van der Waals surface area contributed by atoms with Crippen LogP contribution in [0.2, 0.25) is 0 Å². The predicted molar refractivity (Wildman–Crippen MR) is 118 cm³/mol. The number of nitriles is 2. The molecule has 1 aromatic carbocycles. The largest absolute Gasteiger partial charge is 0.338 e. The number of pyridine rings is 2. The van der Waals surface area contributed by atoms with Gasteiger partial charge in [0, 0.05) is 23.5 Å². The molecule has 4 aromatic rings. The van der Waals surface area contributed by atoms with Crippen LogP contribution in [-0.2, 0) is 0 Å². The van der Waals surface area contributed by atoms with E-state index >= 15 is 0 Å². The molecule has 0 spiro atoms. The number of hydrogen-bond donors (Lipinski definition) is 2. The first-order valence-electron chi connectivity index (χ1n) is 8.50. The number of rotatable bonds is 1. The van der Waals surface area contributed by atoms with E-state index in [1.54, 1.807) is 36.8 Å². The van der Waals surface area contributed by atoms with Crippen molar-refractivity contribution in [2.75, 3.05) is 5.32 Å². The molecule has 0 unspecified atom stereocenters. The highest BCUT2D eigenvalue weighted by Crippen LogP contribution is 2.43. The number of anilines is 2. The fourth-order valence-electron chi connectivity index (χ4n) is 3.41. The van der Waals surface area contributed by atoms with Crippen LogP contribution in [0.1, 0.15) is 11.1 Å². The molecular formula is C21H13Cl2N7. The molecular weight excluding hydrogens is 421 g/mol. The van der Waals surface area contributed by atoms with Crippen molar-refractivity contribution >= 4 is 36.3 Å². The van der Waals surface area contributed by atoms with Crippen LogP contribution >= 0.6 is 24.8 Å². The van der Waals surface area contributed by atoms with Gasteiger partial charge in [-0.25, -0.2) is 9.97 Å². The molecule has 0 saturated carbocycles. The van der Waals surface area contributed by atoms with Gasteiger partial charge in [0.1, 0.15) is 17.3 Å². The maximum Gasteiger partial charge on any atom is 0.141 e. The highest BCUT2D eigenvalue weighted by molar-refractivity contribution is 5.95. The number of hydrogen-bond acceptors (Lipinski definition) is 6. The molecule has 9 heteroatoms. The maximum absolute atomic E-state index is 9.53. The van der Waals surface area contributed by atoms with Crippen molar-refractivity contribution in [1.82, 2.24) is 19.9 Å². The van der Waals surface area contributed by atoms with Gasteiger partial charge in [-0.2, -0.15) is 10.5 Å². The zero-order valence-electron chi connectivity index (χ0n) is 15.2. The summed E-state index contributed by atoms with van der Waals surface area (Å²) in [4.78, 5) is 16.7. The Morgan fingerprint density at radius 2 is 1.63 bits per heavy atom. The molecule has 30 heavy (non-hydrogen) atoms. The second-order valence-electron chi connectivity index (χ2n) is 6.21. The van der Waals surface area contributed by atoms with Crippen molar-refractivity contribution in [3.63, 3.8) is 0 Å². The van der Waals surface area contributed by atoms with E-state index in [1.807, 2.05) is 18.2 Å². The summed E-state index contributed by atoms with van der Waals surface area (Å²) in [5, 5.41) is 22.4. The molecule has 146 valence electrons. The van der Waals surface area contributed by atoms with Gasteiger partial charge in [0.2, 0.25) is 0 Å². The zero-order chi connectivity index (χ0) is 19.1. The normalized spacial score (nSPS) is 10.3. The lowest BCUT2D eigenvalue weighted by molar-refractivity contribution is 1.26. The SMILES string of the molecule is Cl.Cl.N#Cc1cccc(C#N)c1-c1nc2c([nH]1)-c1ccncc1Nc1ncccc1-2. The fourth-order valence-corrected chi connectivity index (χ4v) is 3.41. The van der Waals surface area contributed by atoms with Crippen LogP contribution in [-0.4, -0.2) is 19.9 Å². The van der Waals surface area contributed by atoms with E-state index in [-0.39, 0.29) is 24.8 Å². The molecule has 2 N–H and O–H groups in total. The minimum Gasteiger partial charge on any atom is -0.338 e. The first-order valence-corrected chi connectivity index (χ1v) is 8.50. The molecule has 0 bridgehead atoms. The summed E-state index contributed by atoms with van der Waals surface area (Å²) in [6.45, 7) is 0. The number of aromatic nitrogens is 4. The molecule has 7 nitrogen and oxygen atoms in total.